The molecule has 1 amide bonds. The molecule has 1 saturated carbocycles. The van der Waals surface area contributed by atoms with Gasteiger partial charge in [-0.05, 0) is 74.6 Å². The Labute approximate surface area is 163 Å². The molecule has 2 saturated heterocycles. The molecule has 0 radical (unpaired) electrons. The van der Waals surface area contributed by atoms with Crippen LogP contribution in [0.1, 0.15) is 82.1 Å². The van der Waals surface area contributed by atoms with Gasteiger partial charge in [-0.15, -0.1) is 0 Å². The number of fused-ring (bicyclic) bond motifs is 2. The van der Waals surface area contributed by atoms with Gasteiger partial charge in [0.2, 0.25) is 5.91 Å². The average Bonchev–Trinajstić information content (AvgIpc) is 2.88. The monoisotopic (exact) mass is 370 g/mol. The van der Waals surface area contributed by atoms with E-state index in [1.807, 2.05) is 12.1 Å². The van der Waals surface area contributed by atoms with E-state index in [9.17, 15) is 9.90 Å². The average molecular weight is 371 g/mol. The van der Waals surface area contributed by atoms with Crippen LogP contribution in [0.4, 0.5) is 0 Å². The van der Waals surface area contributed by atoms with Crippen LogP contribution in [0.15, 0.2) is 24.3 Å². The van der Waals surface area contributed by atoms with Crippen molar-refractivity contribution in [1.82, 2.24) is 4.90 Å². The summed E-state index contributed by atoms with van der Waals surface area (Å²) in [7, 11) is 0. The third-order valence-corrected chi connectivity index (χ3v) is 7.56. The number of carbonyl (C=O) groups excluding carboxylic acids is 1. The fourth-order valence-electron chi connectivity index (χ4n) is 6.16. The summed E-state index contributed by atoms with van der Waals surface area (Å²) in [6, 6.07) is 8.00. The predicted octanol–water partition coefficient (Wildman–Crippen LogP) is 4.32. The molecule has 3 aliphatic rings. The molecule has 1 aromatic carbocycles. The molecule has 27 heavy (non-hydrogen) atoms. The minimum atomic E-state index is -0.481. The van der Waals surface area contributed by atoms with Crippen molar-refractivity contribution in [3.05, 3.63) is 29.8 Å². The Hall–Kier alpha value is -1.55. The summed E-state index contributed by atoms with van der Waals surface area (Å²) in [5.74, 6) is 1.37. The number of hydrogen-bond acceptors (Lipinski definition) is 3. The van der Waals surface area contributed by atoms with Crippen molar-refractivity contribution in [2.45, 2.75) is 88.1 Å². The number of piperidine rings is 1. The van der Waals surface area contributed by atoms with Crippen molar-refractivity contribution in [2.24, 2.45) is 11.7 Å². The molecule has 2 heterocycles. The molecule has 0 unspecified atom stereocenters. The van der Waals surface area contributed by atoms with Crippen molar-refractivity contribution in [2.75, 3.05) is 6.54 Å². The maximum atomic E-state index is 12.6. The van der Waals surface area contributed by atoms with E-state index < -0.39 is 5.54 Å². The van der Waals surface area contributed by atoms with Gasteiger partial charge >= 0.3 is 0 Å². The second kappa shape index (κ2) is 7.83. The maximum absolute atomic E-state index is 12.6. The van der Waals surface area contributed by atoms with Gasteiger partial charge in [0.25, 0.3) is 0 Å². The fraction of sp³-hybridized carbons (Fsp3) is 0.696. The summed E-state index contributed by atoms with van der Waals surface area (Å²) in [6.07, 6.45) is 13.3. The van der Waals surface area contributed by atoms with E-state index in [1.54, 1.807) is 6.07 Å². The number of phenols is 1. The number of benzene rings is 1. The molecule has 3 N–H and O–H groups in total. The van der Waals surface area contributed by atoms with Crippen LogP contribution >= 0.6 is 0 Å². The lowest BCUT2D eigenvalue weighted by molar-refractivity contribution is -0.132. The third-order valence-electron chi connectivity index (χ3n) is 7.56. The standard InChI is InChI=1S/C23H34N2O2/c24-22(27)23-12-11-20(14-19(16-23)18-9-4-10-21(26)15-18)25(23)13-5-8-17-6-2-1-3-7-17/h4,9-10,15,17,19-20,26H,1-3,5-8,11-14,16H2,(H2,24,27)/t19-,20+,23-/m1/s1. The van der Waals surface area contributed by atoms with E-state index >= 15 is 0 Å². The Morgan fingerprint density at radius 3 is 2.78 bits per heavy atom. The van der Waals surface area contributed by atoms with E-state index in [0.29, 0.717) is 17.7 Å². The van der Waals surface area contributed by atoms with Crippen LogP contribution in [0.3, 0.4) is 0 Å². The van der Waals surface area contributed by atoms with Gasteiger partial charge in [-0.25, -0.2) is 0 Å². The normalized spacial score (nSPS) is 31.9. The minimum Gasteiger partial charge on any atom is -0.508 e. The molecule has 1 aromatic rings. The SMILES string of the molecule is NC(=O)[C@@]12CC[C@@H](C[C@@H](c3cccc(O)c3)C1)N2CCCC1CCCCC1. The van der Waals surface area contributed by atoms with Crippen LogP contribution in [0.5, 0.6) is 5.75 Å². The van der Waals surface area contributed by atoms with Gasteiger partial charge in [0.1, 0.15) is 11.3 Å². The first-order valence-electron chi connectivity index (χ1n) is 10.9. The second-order valence-electron chi connectivity index (χ2n) is 9.16. The molecular formula is C23H34N2O2. The fourth-order valence-corrected chi connectivity index (χ4v) is 6.16. The number of rotatable bonds is 6. The summed E-state index contributed by atoms with van der Waals surface area (Å²) >= 11 is 0. The summed E-state index contributed by atoms with van der Waals surface area (Å²) in [5.41, 5.74) is 6.65. The van der Waals surface area contributed by atoms with E-state index in [1.165, 1.54) is 44.9 Å². The summed E-state index contributed by atoms with van der Waals surface area (Å²) in [5, 5.41) is 9.85. The van der Waals surface area contributed by atoms with Gasteiger partial charge in [-0.2, -0.15) is 0 Å². The zero-order valence-electron chi connectivity index (χ0n) is 16.4. The van der Waals surface area contributed by atoms with Crippen molar-refractivity contribution >= 4 is 5.91 Å². The number of nitrogens with zero attached hydrogens (tertiary/aromatic N) is 1. The summed E-state index contributed by atoms with van der Waals surface area (Å²) in [6.45, 7) is 1.01. The Kier molecular flexibility index (Phi) is 5.45. The molecule has 1 aliphatic carbocycles. The molecule has 148 valence electrons. The largest absolute Gasteiger partial charge is 0.508 e. The van der Waals surface area contributed by atoms with E-state index in [2.05, 4.69) is 11.0 Å². The first-order valence-corrected chi connectivity index (χ1v) is 10.9. The Morgan fingerprint density at radius 2 is 2.04 bits per heavy atom. The molecule has 2 aliphatic heterocycles. The summed E-state index contributed by atoms with van der Waals surface area (Å²) in [4.78, 5) is 15.1. The van der Waals surface area contributed by atoms with Gasteiger partial charge in [0.15, 0.2) is 0 Å². The Morgan fingerprint density at radius 1 is 1.22 bits per heavy atom. The van der Waals surface area contributed by atoms with Gasteiger partial charge in [-0.3, -0.25) is 9.69 Å². The van der Waals surface area contributed by atoms with Crippen LogP contribution in [0, 0.1) is 5.92 Å². The number of amides is 1. The van der Waals surface area contributed by atoms with Gasteiger partial charge in [-0.1, -0.05) is 44.2 Å². The lowest BCUT2D eigenvalue weighted by atomic mass is 9.77. The van der Waals surface area contributed by atoms with Crippen LogP contribution in [-0.4, -0.2) is 34.0 Å². The molecule has 2 bridgehead atoms. The lowest BCUT2D eigenvalue weighted by Crippen LogP contribution is -2.59. The first-order chi connectivity index (χ1) is 13.1. The topological polar surface area (TPSA) is 66.6 Å². The zero-order chi connectivity index (χ0) is 18.9. The predicted molar refractivity (Wildman–Crippen MR) is 108 cm³/mol. The van der Waals surface area contributed by atoms with Crippen LogP contribution < -0.4 is 5.73 Å². The van der Waals surface area contributed by atoms with E-state index in [4.69, 9.17) is 5.73 Å². The molecule has 0 aromatic heterocycles. The van der Waals surface area contributed by atoms with Crippen molar-refractivity contribution in [1.29, 1.82) is 0 Å². The lowest BCUT2D eigenvalue weighted by Gasteiger charge is -2.46. The number of aromatic hydroxyl groups is 1. The van der Waals surface area contributed by atoms with Crippen LogP contribution in [-0.2, 0) is 4.79 Å². The first kappa shape index (κ1) is 18.8. The Balaban J connectivity index is 1.44. The second-order valence-corrected chi connectivity index (χ2v) is 9.16. The molecule has 4 heteroatoms. The number of phenolic OH excluding ortho intramolecular Hbond substituents is 1. The highest BCUT2D eigenvalue weighted by atomic mass is 16.3. The van der Waals surface area contributed by atoms with E-state index in [-0.39, 0.29) is 5.91 Å². The van der Waals surface area contributed by atoms with Gasteiger partial charge in [0, 0.05) is 6.04 Å². The maximum Gasteiger partial charge on any atom is 0.237 e. The van der Waals surface area contributed by atoms with Gasteiger partial charge in [0.05, 0.1) is 0 Å². The molecule has 4 rings (SSSR count). The van der Waals surface area contributed by atoms with Gasteiger partial charge < -0.3 is 10.8 Å². The quantitative estimate of drug-likeness (QED) is 0.784. The smallest absolute Gasteiger partial charge is 0.237 e. The highest BCUT2D eigenvalue weighted by Gasteiger charge is 2.55. The number of carbonyl (C=O) groups is 1. The number of hydrogen-bond donors (Lipinski definition) is 2. The highest BCUT2D eigenvalue weighted by molar-refractivity contribution is 5.85. The Bertz CT molecular complexity index is 670. The van der Waals surface area contributed by atoms with E-state index in [0.717, 1.165) is 43.7 Å². The van der Waals surface area contributed by atoms with Crippen molar-refractivity contribution in [3.8, 4) is 5.75 Å². The molecular weight excluding hydrogens is 336 g/mol. The zero-order valence-corrected chi connectivity index (χ0v) is 16.4. The molecule has 4 nitrogen and oxygen atoms in total. The molecule has 3 fully saturated rings. The third kappa shape index (κ3) is 3.73. The summed E-state index contributed by atoms with van der Waals surface area (Å²) < 4.78 is 0. The van der Waals surface area contributed by atoms with Crippen LogP contribution in [0.25, 0.3) is 0 Å². The molecule has 0 spiro atoms. The molecule has 3 atom stereocenters. The van der Waals surface area contributed by atoms with Crippen molar-refractivity contribution < 1.29 is 9.90 Å². The van der Waals surface area contributed by atoms with Crippen LogP contribution in [0.2, 0.25) is 0 Å². The highest BCUT2D eigenvalue weighted by Crippen LogP contribution is 2.50. The number of primary amides is 1. The number of nitrogens with two attached hydrogens (primary N) is 1. The minimum absolute atomic E-state index is 0.146. The van der Waals surface area contributed by atoms with Crippen molar-refractivity contribution in [3.63, 3.8) is 0 Å².